The van der Waals surface area contributed by atoms with Crippen LogP contribution in [0.3, 0.4) is 0 Å². The van der Waals surface area contributed by atoms with Crippen molar-refractivity contribution in [2.75, 3.05) is 11.4 Å². The second-order valence-corrected chi connectivity index (χ2v) is 3.66. The average Bonchev–Trinajstić information content (AvgIpc) is 2.60. The number of hydrogen-bond acceptors (Lipinski definition) is 3. The van der Waals surface area contributed by atoms with E-state index in [0.717, 1.165) is 0 Å². The molecule has 2 heterocycles. The summed E-state index contributed by atoms with van der Waals surface area (Å²) in [4.78, 5) is 20.9. The summed E-state index contributed by atoms with van der Waals surface area (Å²) in [5.74, 6) is 3.03. The summed E-state index contributed by atoms with van der Waals surface area (Å²) in [5, 5.41) is 0.317. The molecule has 4 nitrogen and oxygen atoms in total. The van der Waals surface area contributed by atoms with E-state index < -0.39 is 0 Å². The number of amides is 1. The molecule has 0 saturated carbocycles. The third kappa shape index (κ3) is 1.92. The van der Waals surface area contributed by atoms with Gasteiger partial charge in [0.1, 0.15) is 17.3 Å². The van der Waals surface area contributed by atoms with Crippen LogP contribution in [0, 0.1) is 18.3 Å². The monoisotopic (exact) mass is 221 g/mol. The fraction of sp³-hybridized carbons (Fsp3) is 0.300. The summed E-state index contributed by atoms with van der Waals surface area (Å²) in [6, 6.07) is 1.55. The van der Waals surface area contributed by atoms with E-state index >= 15 is 0 Å². The lowest BCUT2D eigenvalue weighted by molar-refractivity contribution is -0.117. The summed E-state index contributed by atoms with van der Waals surface area (Å²) < 4.78 is 0. The molecule has 1 aromatic heterocycles. The molecule has 0 radical (unpaired) electrons. The van der Waals surface area contributed by atoms with Crippen molar-refractivity contribution in [3.63, 3.8) is 0 Å². The molecular weight excluding hydrogens is 214 g/mol. The highest BCUT2D eigenvalue weighted by molar-refractivity contribution is 6.29. The van der Waals surface area contributed by atoms with Gasteiger partial charge in [0.05, 0.1) is 0 Å². The zero-order valence-electron chi connectivity index (χ0n) is 7.85. The molecule has 1 aliphatic rings. The van der Waals surface area contributed by atoms with Gasteiger partial charge in [0.15, 0.2) is 0 Å². The molecule has 0 aromatic carbocycles. The lowest BCUT2D eigenvalue weighted by Gasteiger charge is -2.13. The maximum atomic E-state index is 11.6. The number of carbonyl (C=O) groups is 1. The van der Waals surface area contributed by atoms with Gasteiger partial charge in [-0.2, -0.15) is 0 Å². The van der Waals surface area contributed by atoms with Gasteiger partial charge in [-0.25, -0.2) is 9.97 Å². The van der Waals surface area contributed by atoms with E-state index in [1.54, 1.807) is 6.07 Å². The molecule has 0 N–H and O–H groups in total. The maximum absolute atomic E-state index is 11.6. The Bertz CT molecular complexity index is 441. The predicted octanol–water partition coefficient (Wildman–Crippen LogP) is 1.12. The molecule has 1 unspecified atom stereocenters. The van der Waals surface area contributed by atoms with Crippen LogP contribution in [0.15, 0.2) is 12.4 Å². The lowest BCUT2D eigenvalue weighted by atomic mass is 10.1. The van der Waals surface area contributed by atoms with Crippen molar-refractivity contribution < 1.29 is 4.79 Å². The van der Waals surface area contributed by atoms with E-state index in [2.05, 4.69) is 15.9 Å². The van der Waals surface area contributed by atoms with Crippen LogP contribution >= 0.6 is 11.6 Å². The van der Waals surface area contributed by atoms with Crippen LogP contribution in [0.2, 0.25) is 5.15 Å². The molecule has 2 rings (SSSR count). The van der Waals surface area contributed by atoms with Gasteiger partial charge in [-0.05, 0) is 0 Å². The number of carbonyl (C=O) groups excluding carboxylic acids is 1. The summed E-state index contributed by atoms with van der Waals surface area (Å²) in [5.41, 5.74) is 0. The van der Waals surface area contributed by atoms with Gasteiger partial charge in [0.25, 0.3) is 0 Å². The third-order valence-corrected chi connectivity index (χ3v) is 2.46. The number of terminal acetylenes is 1. The largest absolute Gasteiger partial charge is 0.295 e. The number of rotatable bonds is 1. The SMILES string of the molecule is C#CC1CC(=O)N(c2cc(Cl)ncn2)C1. The van der Waals surface area contributed by atoms with Gasteiger partial charge in [-0.3, -0.25) is 9.69 Å². The minimum absolute atomic E-state index is 0.0206. The summed E-state index contributed by atoms with van der Waals surface area (Å²) in [6.07, 6.45) is 6.98. The highest BCUT2D eigenvalue weighted by Gasteiger charge is 2.30. The number of nitrogens with zero attached hydrogens (tertiary/aromatic N) is 3. The first-order valence-electron chi connectivity index (χ1n) is 4.44. The van der Waals surface area contributed by atoms with Crippen LogP contribution in [0.1, 0.15) is 6.42 Å². The maximum Gasteiger partial charge on any atom is 0.229 e. The van der Waals surface area contributed by atoms with E-state index in [1.165, 1.54) is 11.2 Å². The van der Waals surface area contributed by atoms with E-state index in [4.69, 9.17) is 18.0 Å². The molecule has 0 bridgehead atoms. The Kier molecular flexibility index (Phi) is 2.57. The zero-order chi connectivity index (χ0) is 10.8. The Morgan fingerprint density at radius 1 is 1.60 bits per heavy atom. The van der Waals surface area contributed by atoms with E-state index in [0.29, 0.717) is 23.9 Å². The Morgan fingerprint density at radius 3 is 3.00 bits per heavy atom. The molecule has 1 aromatic rings. The molecule has 1 amide bonds. The number of halogens is 1. The van der Waals surface area contributed by atoms with Gasteiger partial charge in [-0.15, -0.1) is 12.3 Å². The molecule has 15 heavy (non-hydrogen) atoms. The summed E-state index contributed by atoms with van der Waals surface area (Å²) in [6.45, 7) is 0.503. The fourth-order valence-electron chi connectivity index (χ4n) is 1.51. The first kappa shape index (κ1) is 9.94. The Labute approximate surface area is 92.3 Å². The first-order valence-corrected chi connectivity index (χ1v) is 4.82. The van der Waals surface area contributed by atoms with Crippen molar-refractivity contribution >= 4 is 23.3 Å². The molecule has 0 aliphatic carbocycles. The van der Waals surface area contributed by atoms with Gasteiger partial charge in [0.2, 0.25) is 5.91 Å². The topological polar surface area (TPSA) is 46.1 Å². The third-order valence-electron chi connectivity index (χ3n) is 2.26. The highest BCUT2D eigenvalue weighted by Crippen LogP contribution is 2.23. The molecule has 5 heteroatoms. The minimum Gasteiger partial charge on any atom is -0.295 e. The van der Waals surface area contributed by atoms with Gasteiger partial charge in [0, 0.05) is 24.9 Å². The molecule has 1 atom stereocenters. The van der Waals surface area contributed by atoms with Crippen molar-refractivity contribution in [1.82, 2.24) is 9.97 Å². The molecule has 1 aliphatic heterocycles. The molecule has 76 valence electrons. The molecular formula is C10H8ClN3O. The van der Waals surface area contributed by atoms with Gasteiger partial charge < -0.3 is 0 Å². The number of anilines is 1. The van der Waals surface area contributed by atoms with E-state index in [9.17, 15) is 4.79 Å². The average molecular weight is 222 g/mol. The van der Waals surface area contributed by atoms with Crippen LogP contribution in [0.4, 0.5) is 5.82 Å². The van der Waals surface area contributed by atoms with Crippen molar-refractivity contribution in [2.45, 2.75) is 6.42 Å². The Hall–Kier alpha value is -1.60. The highest BCUT2D eigenvalue weighted by atomic mass is 35.5. The van der Waals surface area contributed by atoms with Crippen LogP contribution in [0.5, 0.6) is 0 Å². The van der Waals surface area contributed by atoms with Crippen LogP contribution in [-0.2, 0) is 4.79 Å². The smallest absolute Gasteiger partial charge is 0.229 e. The van der Waals surface area contributed by atoms with Crippen LogP contribution < -0.4 is 4.90 Å². The van der Waals surface area contributed by atoms with Crippen molar-refractivity contribution in [1.29, 1.82) is 0 Å². The van der Waals surface area contributed by atoms with Gasteiger partial charge in [-0.1, -0.05) is 11.6 Å². The predicted molar refractivity (Wildman–Crippen MR) is 56.3 cm³/mol. The van der Waals surface area contributed by atoms with Crippen LogP contribution in [0.25, 0.3) is 0 Å². The van der Waals surface area contributed by atoms with Crippen molar-refractivity contribution in [3.8, 4) is 12.3 Å². The van der Waals surface area contributed by atoms with Crippen molar-refractivity contribution in [3.05, 3.63) is 17.5 Å². The first-order chi connectivity index (χ1) is 7.20. The Morgan fingerprint density at radius 2 is 2.40 bits per heavy atom. The quantitative estimate of drug-likeness (QED) is 0.527. The standard InChI is InChI=1S/C10H8ClN3O/c1-2-7-3-10(15)14(5-7)9-4-8(11)12-6-13-9/h1,4,6-7H,3,5H2. The van der Waals surface area contributed by atoms with Crippen LogP contribution in [-0.4, -0.2) is 22.4 Å². The minimum atomic E-state index is -0.0359. The summed E-state index contributed by atoms with van der Waals surface area (Å²) in [7, 11) is 0. The lowest BCUT2D eigenvalue weighted by Crippen LogP contribution is -2.25. The molecule has 1 fully saturated rings. The number of aromatic nitrogens is 2. The van der Waals surface area contributed by atoms with Crippen molar-refractivity contribution in [2.24, 2.45) is 5.92 Å². The molecule has 1 saturated heterocycles. The second kappa shape index (κ2) is 3.87. The number of hydrogen-bond donors (Lipinski definition) is 0. The fourth-order valence-corrected chi connectivity index (χ4v) is 1.65. The van der Waals surface area contributed by atoms with E-state index in [1.807, 2.05) is 0 Å². The zero-order valence-corrected chi connectivity index (χ0v) is 8.61. The Balaban J connectivity index is 2.26. The normalized spacial score (nSPS) is 20.4. The van der Waals surface area contributed by atoms with E-state index in [-0.39, 0.29) is 11.8 Å². The molecule has 0 spiro atoms. The van der Waals surface area contributed by atoms with Gasteiger partial charge >= 0.3 is 0 Å². The summed E-state index contributed by atoms with van der Waals surface area (Å²) >= 11 is 5.71. The second-order valence-electron chi connectivity index (χ2n) is 3.27.